The van der Waals surface area contributed by atoms with Gasteiger partial charge in [-0.2, -0.15) is 0 Å². The maximum atomic E-state index is 5.94. The second-order valence-corrected chi connectivity index (χ2v) is 4.45. The van der Waals surface area contributed by atoms with Gasteiger partial charge >= 0.3 is 0 Å². The van der Waals surface area contributed by atoms with Crippen molar-refractivity contribution in [2.45, 2.75) is 25.4 Å². The summed E-state index contributed by atoms with van der Waals surface area (Å²) < 4.78 is 1.92. The van der Waals surface area contributed by atoms with E-state index in [1.807, 2.05) is 11.6 Å². The Hall–Kier alpha value is -0.580. The van der Waals surface area contributed by atoms with Crippen molar-refractivity contribution >= 4 is 11.6 Å². The molecule has 0 aliphatic carbocycles. The normalized spacial score (nSPS) is 22.5. The van der Waals surface area contributed by atoms with Gasteiger partial charge in [-0.15, -0.1) is 0 Å². The van der Waals surface area contributed by atoms with E-state index < -0.39 is 0 Å². The minimum absolute atomic E-state index is 0.514. The molecule has 1 atom stereocenters. The van der Waals surface area contributed by atoms with Gasteiger partial charge in [-0.25, -0.2) is 4.98 Å². The average molecular weight is 229 g/mol. The monoisotopic (exact) mass is 228 g/mol. The number of rotatable bonds is 3. The molecule has 0 spiro atoms. The number of likely N-dealkylation sites (tertiary alicyclic amines) is 1. The lowest BCUT2D eigenvalue weighted by Crippen LogP contribution is -2.35. The van der Waals surface area contributed by atoms with Gasteiger partial charge in [0.15, 0.2) is 0 Å². The molecule has 1 aliphatic rings. The average Bonchev–Trinajstić information content (AvgIpc) is 2.80. The highest BCUT2D eigenvalue weighted by molar-refractivity contribution is 6.29. The number of nitrogens with zero attached hydrogens (tertiary/aromatic N) is 3. The first-order valence-corrected chi connectivity index (χ1v) is 5.70. The number of hydrogen-bond donors (Lipinski definition) is 1. The molecule has 2 rings (SSSR count). The van der Waals surface area contributed by atoms with Crippen molar-refractivity contribution < 1.29 is 0 Å². The summed E-state index contributed by atoms with van der Waals surface area (Å²) in [7, 11) is 1.94. The fourth-order valence-electron chi connectivity index (χ4n) is 2.12. The molecule has 0 radical (unpaired) electrons. The first-order chi connectivity index (χ1) is 7.22. The van der Waals surface area contributed by atoms with E-state index in [-0.39, 0.29) is 0 Å². The van der Waals surface area contributed by atoms with Crippen molar-refractivity contribution in [3.8, 4) is 0 Å². The van der Waals surface area contributed by atoms with E-state index >= 15 is 0 Å². The van der Waals surface area contributed by atoms with Gasteiger partial charge in [0.05, 0.1) is 12.7 Å². The first-order valence-electron chi connectivity index (χ1n) is 5.32. The van der Waals surface area contributed by atoms with Gasteiger partial charge in [0.25, 0.3) is 0 Å². The SMILES string of the molecule is Cn1c(Cl)cnc1CN1CCCC1CN. The van der Waals surface area contributed by atoms with Crippen LogP contribution in [0.2, 0.25) is 5.15 Å². The molecule has 0 aromatic carbocycles. The van der Waals surface area contributed by atoms with Crippen LogP contribution >= 0.6 is 11.6 Å². The standard InChI is InChI=1S/C10H17ClN4/c1-14-9(11)6-13-10(14)7-15-4-2-3-8(15)5-12/h6,8H,2-5,7,12H2,1H3. The van der Waals surface area contributed by atoms with E-state index in [0.29, 0.717) is 11.2 Å². The van der Waals surface area contributed by atoms with Crippen LogP contribution in [0.1, 0.15) is 18.7 Å². The Labute approximate surface area is 95.0 Å². The van der Waals surface area contributed by atoms with Gasteiger partial charge in [-0.1, -0.05) is 11.6 Å². The Kier molecular flexibility index (Phi) is 3.29. The third-order valence-electron chi connectivity index (χ3n) is 3.14. The van der Waals surface area contributed by atoms with E-state index in [9.17, 15) is 0 Å². The highest BCUT2D eigenvalue weighted by Gasteiger charge is 2.24. The minimum atomic E-state index is 0.514. The van der Waals surface area contributed by atoms with Crippen molar-refractivity contribution in [1.29, 1.82) is 0 Å². The molecule has 1 aromatic heterocycles. The van der Waals surface area contributed by atoms with Crippen LogP contribution in [0.3, 0.4) is 0 Å². The van der Waals surface area contributed by atoms with Crippen LogP contribution < -0.4 is 5.73 Å². The predicted octanol–water partition coefficient (Wildman–Crippen LogP) is 0.997. The molecular weight excluding hydrogens is 212 g/mol. The van der Waals surface area contributed by atoms with E-state index in [4.69, 9.17) is 17.3 Å². The maximum Gasteiger partial charge on any atom is 0.128 e. The first kappa shape index (κ1) is 10.9. The van der Waals surface area contributed by atoms with Crippen molar-refractivity contribution in [3.63, 3.8) is 0 Å². The van der Waals surface area contributed by atoms with Gasteiger partial charge in [0.1, 0.15) is 11.0 Å². The molecule has 0 saturated carbocycles. The Balaban J connectivity index is 2.05. The van der Waals surface area contributed by atoms with Crippen LogP contribution in [0, 0.1) is 0 Å². The number of aromatic nitrogens is 2. The lowest BCUT2D eigenvalue weighted by Gasteiger charge is -2.22. The minimum Gasteiger partial charge on any atom is -0.329 e. The lowest BCUT2D eigenvalue weighted by molar-refractivity contribution is 0.242. The summed E-state index contributed by atoms with van der Waals surface area (Å²) in [6.07, 6.45) is 4.14. The number of hydrogen-bond acceptors (Lipinski definition) is 3. The van der Waals surface area contributed by atoms with Crippen LogP contribution in [0.25, 0.3) is 0 Å². The molecule has 1 unspecified atom stereocenters. The smallest absolute Gasteiger partial charge is 0.128 e. The third-order valence-corrected chi connectivity index (χ3v) is 3.49. The highest BCUT2D eigenvalue weighted by atomic mass is 35.5. The van der Waals surface area contributed by atoms with Crippen LogP contribution in [-0.4, -0.2) is 33.6 Å². The Morgan fingerprint density at radius 3 is 3.07 bits per heavy atom. The highest BCUT2D eigenvalue weighted by Crippen LogP contribution is 2.19. The molecule has 0 amide bonds. The Bertz CT molecular complexity index is 336. The summed E-state index contributed by atoms with van der Waals surface area (Å²) >= 11 is 5.94. The third kappa shape index (κ3) is 2.17. The zero-order valence-electron chi connectivity index (χ0n) is 8.99. The molecule has 1 aliphatic heterocycles. The molecule has 5 heteroatoms. The summed E-state index contributed by atoms with van der Waals surface area (Å²) in [5.74, 6) is 1.01. The van der Waals surface area contributed by atoms with Gasteiger partial charge in [-0.3, -0.25) is 4.90 Å². The zero-order valence-corrected chi connectivity index (χ0v) is 9.74. The number of imidazole rings is 1. The summed E-state index contributed by atoms with van der Waals surface area (Å²) in [6, 6.07) is 0.514. The molecular formula is C10H17ClN4. The topological polar surface area (TPSA) is 47.1 Å². The van der Waals surface area contributed by atoms with Crippen molar-refractivity contribution in [2.75, 3.05) is 13.1 Å². The Morgan fingerprint density at radius 2 is 2.47 bits per heavy atom. The van der Waals surface area contributed by atoms with Gasteiger partial charge in [0, 0.05) is 19.6 Å². The second-order valence-electron chi connectivity index (χ2n) is 4.06. The molecule has 0 bridgehead atoms. The van der Waals surface area contributed by atoms with E-state index in [1.54, 1.807) is 6.20 Å². The number of halogens is 1. The van der Waals surface area contributed by atoms with E-state index in [1.165, 1.54) is 12.8 Å². The van der Waals surface area contributed by atoms with Crippen molar-refractivity contribution in [3.05, 3.63) is 17.2 Å². The summed E-state index contributed by atoms with van der Waals surface area (Å²) in [4.78, 5) is 6.68. The zero-order chi connectivity index (χ0) is 10.8. The summed E-state index contributed by atoms with van der Waals surface area (Å²) in [5, 5.41) is 0.688. The second kappa shape index (κ2) is 4.51. The summed E-state index contributed by atoms with van der Waals surface area (Å²) in [6.45, 7) is 2.70. The molecule has 2 heterocycles. The molecule has 1 fully saturated rings. The predicted molar refractivity (Wildman–Crippen MR) is 60.7 cm³/mol. The van der Waals surface area contributed by atoms with Crippen LogP contribution in [0.5, 0.6) is 0 Å². The lowest BCUT2D eigenvalue weighted by atomic mass is 10.2. The maximum absolute atomic E-state index is 5.94. The van der Waals surface area contributed by atoms with Crippen LogP contribution in [0.15, 0.2) is 6.20 Å². The molecule has 1 aromatic rings. The van der Waals surface area contributed by atoms with Crippen LogP contribution in [0.4, 0.5) is 0 Å². The van der Waals surface area contributed by atoms with Gasteiger partial charge < -0.3 is 10.3 Å². The summed E-state index contributed by atoms with van der Waals surface area (Å²) in [5.41, 5.74) is 5.73. The molecule has 1 saturated heterocycles. The van der Waals surface area contributed by atoms with Crippen molar-refractivity contribution in [2.24, 2.45) is 12.8 Å². The van der Waals surface area contributed by atoms with Crippen molar-refractivity contribution in [1.82, 2.24) is 14.5 Å². The Morgan fingerprint density at radius 1 is 1.67 bits per heavy atom. The fraction of sp³-hybridized carbons (Fsp3) is 0.700. The van der Waals surface area contributed by atoms with E-state index in [0.717, 1.165) is 25.5 Å². The van der Waals surface area contributed by atoms with E-state index in [2.05, 4.69) is 9.88 Å². The molecule has 84 valence electrons. The van der Waals surface area contributed by atoms with Crippen LogP contribution in [-0.2, 0) is 13.6 Å². The van der Waals surface area contributed by atoms with Gasteiger partial charge in [0.2, 0.25) is 0 Å². The largest absolute Gasteiger partial charge is 0.329 e. The molecule has 15 heavy (non-hydrogen) atoms. The van der Waals surface area contributed by atoms with Gasteiger partial charge in [-0.05, 0) is 19.4 Å². The fourth-order valence-corrected chi connectivity index (χ4v) is 2.27. The molecule has 2 N–H and O–H groups in total. The quantitative estimate of drug-likeness (QED) is 0.840. The number of nitrogens with two attached hydrogens (primary N) is 1. The molecule has 4 nitrogen and oxygen atoms in total.